The minimum atomic E-state index is -4.24. The minimum absolute atomic E-state index is 0.183. The number of hydrogen-bond donors (Lipinski definition) is 3. The van der Waals surface area contributed by atoms with Gasteiger partial charge in [-0.3, -0.25) is 18.9 Å². The first kappa shape index (κ1) is 16.8. The molecule has 20 heavy (non-hydrogen) atoms. The van der Waals surface area contributed by atoms with Crippen molar-refractivity contribution in [3.63, 3.8) is 0 Å². The third-order valence-electron chi connectivity index (χ3n) is 2.49. The van der Waals surface area contributed by atoms with Gasteiger partial charge < -0.3 is 19.3 Å². The zero-order valence-corrected chi connectivity index (χ0v) is 11.9. The summed E-state index contributed by atoms with van der Waals surface area (Å²) in [6.45, 7) is 1.60. The van der Waals surface area contributed by atoms with Crippen LogP contribution in [0, 0.1) is 0 Å². The summed E-state index contributed by atoms with van der Waals surface area (Å²) >= 11 is 0. The predicted molar refractivity (Wildman–Crippen MR) is 69.4 cm³/mol. The maximum absolute atomic E-state index is 11.6. The van der Waals surface area contributed by atoms with E-state index in [0.717, 1.165) is 0 Å². The molecule has 0 unspecified atom stereocenters. The van der Waals surface area contributed by atoms with Gasteiger partial charge in [0.1, 0.15) is 12.6 Å². The summed E-state index contributed by atoms with van der Waals surface area (Å²) in [4.78, 5) is 42.1. The Morgan fingerprint density at radius 3 is 2.60 bits per heavy atom. The number of aromatic nitrogens is 2. The van der Waals surface area contributed by atoms with Gasteiger partial charge in [-0.1, -0.05) is 0 Å². The maximum Gasteiger partial charge on any atom is 0.350 e. The van der Waals surface area contributed by atoms with Crippen molar-refractivity contribution in [3.05, 3.63) is 33.1 Å². The number of nitrogens with one attached hydrogen (secondary N) is 1. The molecule has 0 aliphatic rings. The zero-order valence-electron chi connectivity index (χ0n) is 11.1. The van der Waals surface area contributed by atoms with Crippen molar-refractivity contribution in [2.45, 2.75) is 25.7 Å². The lowest BCUT2D eigenvalue weighted by Crippen LogP contribution is -2.33. The molecule has 0 bridgehead atoms. The summed E-state index contributed by atoms with van der Waals surface area (Å²) in [6.07, 6.45) is -0.504. The molecule has 1 heterocycles. The summed E-state index contributed by atoms with van der Waals surface area (Å²) in [5.41, 5.74) is -1.15. The lowest BCUT2D eigenvalue weighted by molar-refractivity contribution is -0.0183. The summed E-state index contributed by atoms with van der Waals surface area (Å²) in [7, 11) is -2.87. The summed E-state index contributed by atoms with van der Waals surface area (Å²) in [5.74, 6) is 0. The lowest BCUT2D eigenvalue weighted by atomic mass is 10.2. The summed E-state index contributed by atoms with van der Waals surface area (Å²) < 4.78 is 22.0. The molecule has 0 aliphatic heterocycles. The third-order valence-corrected chi connectivity index (χ3v) is 2.98. The first-order valence-corrected chi connectivity index (χ1v) is 7.53. The fraction of sp³-hybridized carbons (Fsp3) is 0.600. The van der Waals surface area contributed by atoms with Crippen LogP contribution in [-0.4, -0.2) is 38.9 Å². The molecule has 2 atom stereocenters. The molecule has 0 spiro atoms. The molecular formula is C10H17N2O7P. The first-order chi connectivity index (χ1) is 9.23. The van der Waals surface area contributed by atoms with Gasteiger partial charge in [0.25, 0.3) is 5.56 Å². The third kappa shape index (κ3) is 5.40. The number of methoxy groups -OCH3 is 1. The van der Waals surface area contributed by atoms with E-state index in [9.17, 15) is 14.2 Å². The molecule has 114 valence electrons. The number of nitrogens with zero attached hydrogens (tertiary/aromatic N) is 1. The van der Waals surface area contributed by atoms with Crippen LogP contribution in [0.1, 0.15) is 19.6 Å². The predicted octanol–water partition coefficient (Wildman–Crippen LogP) is -0.388. The number of rotatable bonds is 7. The molecule has 1 rings (SSSR count). The van der Waals surface area contributed by atoms with Gasteiger partial charge in [-0.05, 0) is 6.92 Å². The van der Waals surface area contributed by atoms with E-state index in [1.807, 2.05) is 0 Å². The Morgan fingerprint density at radius 2 is 2.10 bits per heavy atom. The minimum Gasteiger partial charge on any atom is -0.366 e. The highest BCUT2D eigenvalue weighted by Crippen LogP contribution is 2.34. The van der Waals surface area contributed by atoms with Crippen LogP contribution < -0.4 is 11.2 Å². The molecule has 0 amide bonds. The van der Waals surface area contributed by atoms with Gasteiger partial charge in [-0.2, -0.15) is 0 Å². The monoisotopic (exact) mass is 308 g/mol. The average Bonchev–Trinajstić information content (AvgIpc) is 2.33. The second kappa shape index (κ2) is 6.96. The molecule has 1 aromatic rings. The average molecular weight is 308 g/mol. The van der Waals surface area contributed by atoms with E-state index in [0.29, 0.717) is 0 Å². The van der Waals surface area contributed by atoms with Crippen molar-refractivity contribution in [3.8, 4) is 0 Å². The van der Waals surface area contributed by atoms with E-state index >= 15 is 0 Å². The van der Waals surface area contributed by atoms with Crippen molar-refractivity contribution >= 4 is 7.60 Å². The lowest BCUT2D eigenvalue weighted by Gasteiger charge is -2.21. The van der Waals surface area contributed by atoms with E-state index in [1.54, 1.807) is 6.92 Å². The van der Waals surface area contributed by atoms with Crippen LogP contribution in [0.3, 0.4) is 0 Å². The molecule has 0 aliphatic carbocycles. The molecule has 0 radical (unpaired) electrons. The molecule has 0 fully saturated rings. The van der Waals surface area contributed by atoms with Crippen LogP contribution in [0.5, 0.6) is 0 Å². The molecule has 1 aromatic heterocycles. The smallest absolute Gasteiger partial charge is 0.350 e. The Morgan fingerprint density at radius 1 is 1.45 bits per heavy atom. The van der Waals surface area contributed by atoms with Gasteiger partial charge in [-0.15, -0.1) is 0 Å². The van der Waals surface area contributed by atoms with Crippen LogP contribution in [0.4, 0.5) is 0 Å². The molecule has 10 heteroatoms. The molecular weight excluding hydrogens is 291 g/mol. The Hall–Kier alpha value is -1.25. The van der Waals surface area contributed by atoms with Crippen molar-refractivity contribution in [2.24, 2.45) is 0 Å². The van der Waals surface area contributed by atoms with Crippen molar-refractivity contribution in [1.82, 2.24) is 9.55 Å². The van der Waals surface area contributed by atoms with Crippen LogP contribution in [-0.2, 0) is 14.0 Å². The quantitative estimate of drug-likeness (QED) is 0.585. The Kier molecular flexibility index (Phi) is 5.85. The highest BCUT2D eigenvalue weighted by molar-refractivity contribution is 7.51. The van der Waals surface area contributed by atoms with Gasteiger partial charge in [0, 0.05) is 25.8 Å². The van der Waals surface area contributed by atoms with E-state index in [1.165, 1.54) is 23.9 Å². The Balaban J connectivity index is 2.74. The van der Waals surface area contributed by atoms with Crippen LogP contribution in [0.25, 0.3) is 0 Å². The number of aromatic amines is 1. The van der Waals surface area contributed by atoms with Crippen molar-refractivity contribution in [2.75, 3.05) is 13.5 Å². The standard InChI is InChI=1S/C10H17N2O7P/c1-7(19-6-20(15,16)17)5-9(18-2)12-4-3-8(13)11-10(12)14/h3-4,7,9H,5-6H2,1-2H3,(H,11,13,14)(H2,15,16,17)/t7-,9-/m0/s1. The normalized spacial score (nSPS) is 15.0. The fourth-order valence-corrected chi connectivity index (χ4v) is 2.00. The molecule has 9 nitrogen and oxygen atoms in total. The van der Waals surface area contributed by atoms with Crippen LogP contribution in [0.15, 0.2) is 21.9 Å². The van der Waals surface area contributed by atoms with Gasteiger partial charge in [-0.25, -0.2) is 4.79 Å². The fourth-order valence-electron chi connectivity index (χ4n) is 1.55. The molecule has 0 saturated carbocycles. The van der Waals surface area contributed by atoms with Crippen molar-refractivity contribution in [1.29, 1.82) is 0 Å². The number of ether oxygens (including phenoxy) is 2. The zero-order chi connectivity index (χ0) is 15.3. The van der Waals surface area contributed by atoms with Gasteiger partial charge >= 0.3 is 13.3 Å². The maximum atomic E-state index is 11.6. The number of H-pyrrole nitrogens is 1. The molecule has 0 saturated heterocycles. The van der Waals surface area contributed by atoms with Gasteiger partial charge in [0.2, 0.25) is 0 Å². The highest BCUT2D eigenvalue weighted by atomic mass is 31.2. The summed E-state index contributed by atoms with van der Waals surface area (Å²) in [5, 5.41) is 0. The number of hydrogen-bond acceptors (Lipinski definition) is 5. The molecule has 3 N–H and O–H groups in total. The van der Waals surface area contributed by atoms with E-state index in [4.69, 9.17) is 19.3 Å². The van der Waals surface area contributed by atoms with Gasteiger partial charge in [0.15, 0.2) is 0 Å². The van der Waals surface area contributed by atoms with Gasteiger partial charge in [0.05, 0.1) is 6.10 Å². The van der Waals surface area contributed by atoms with E-state index in [-0.39, 0.29) is 6.42 Å². The summed E-state index contributed by atoms with van der Waals surface area (Å²) in [6, 6.07) is 1.18. The molecule has 0 aromatic carbocycles. The second-order valence-electron chi connectivity index (χ2n) is 4.21. The van der Waals surface area contributed by atoms with E-state index < -0.39 is 37.5 Å². The van der Waals surface area contributed by atoms with Crippen molar-refractivity contribution < 1.29 is 23.8 Å². The Labute approximate surface area is 114 Å². The topological polar surface area (TPSA) is 131 Å². The van der Waals surface area contributed by atoms with Crippen LogP contribution >= 0.6 is 7.60 Å². The highest BCUT2D eigenvalue weighted by Gasteiger charge is 2.20. The second-order valence-corrected chi connectivity index (χ2v) is 5.80. The largest absolute Gasteiger partial charge is 0.366 e. The Bertz CT molecular complexity index is 590. The SMILES string of the molecule is CO[C@@H](C[C@H](C)OCP(=O)(O)O)n1ccc(=O)[nH]c1=O. The van der Waals surface area contributed by atoms with Crippen LogP contribution in [0.2, 0.25) is 0 Å². The van der Waals surface area contributed by atoms with E-state index in [2.05, 4.69) is 4.98 Å². The first-order valence-electron chi connectivity index (χ1n) is 5.73.